The van der Waals surface area contributed by atoms with Crippen molar-refractivity contribution in [2.75, 3.05) is 0 Å². The first-order chi connectivity index (χ1) is 16.2. The maximum Gasteiger partial charge on any atom is 0.326 e. The first-order valence-electron chi connectivity index (χ1n) is 11.4. The minimum Gasteiger partial charge on any atom is -0.480 e. The second-order valence-corrected chi connectivity index (χ2v) is 8.95. The Kier molecular flexibility index (Phi) is 8.43. The molecule has 180 valence electrons. The molecule has 2 aromatic carbocycles. The van der Waals surface area contributed by atoms with E-state index in [9.17, 15) is 19.5 Å². The minimum atomic E-state index is -1.14. The smallest absolute Gasteiger partial charge is 0.326 e. The number of fused-ring (bicyclic) bond motifs is 1. The monoisotopic (exact) mass is 464 g/mol. The molecule has 3 rings (SSSR count). The predicted octanol–water partition coefficient (Wildman–Crippen LogP) is 2.38. The van der Waals surface area contributed by atoms with Crippen LogP contribution in [0.25, 0.3) is 10.9 Å². The fourth-order valence-electron chi connectivity index (χ4n) is 3.93. The van der Waals surface area contributed by atoms with Gasteiger partial charge < -0.3 is 26.5 Å². The van der Waals surface area contributed by atoms with E-state index in [0.717, 1.165) is 22.0 Å². The van der Waals surface area contributed by atoms with Gasteiger partial charge in [0.25, 0.3) is 0 Å². The van der Waals surface area contributed by atoms with Crippen LogP contribution in [0.1, 0.15) is 31.4 Å². The molecule has 0 saturated carbocycles. The van der Waals surface area contributed by atoms with Crippen LogP contribution in [0.5, 0.6) is 0 Å². The molecule has 2 amide bonds. The number of carbonyl (C=O) groups excluding carboxylic acids is 2. The molecule has 0 aliphatic heterocycles. The summed E-state index contributed by atoms with van der Waals surface area (Å²) in [5.74, 6) is -2.04. The summed E-state index contributed by atoms with van der Waals surface area (Å²) in [4.78, 5) is 40.8. The van der Waals surface area contributed by atoms with Crippen molar-refractivity contribution >= 4 is 28.7 Å². The second-order valence-electron chi connectivity index (χ2n) is 8.95. The highest BCUT2D eigenvalue weighted by molar-refractivity contribution is 5.92. The molecule has 8 heteroatoms. The van der Waals surface area contributed by atoms with Gasteiger partial charge in [0.05, 0.1) is 6.04 Å². The van der Waals surface area contributed by atoms with Crippen molar-refractivity contribution in [3.05, 3.63) is 71.9 Å². The Balaban J connectivity index is 1.66. The highest BCUT2D eigenvalue weighted by Gasteiger charge is 2.29. The molecule has 34 heavy (non-hydrogen) atoms. The first-order valence-corrected chi connectivity index (χ1v) is 11.4. The first kappa shape index (κ1) is 25.0. The summed E-state index contributed by atoms with van der Waals surface area (Å²) in [6.45, 7) is 3.86. The largest absolute Gasteiger partial charge is 0.480 e. The Labute approximate surface area is 198 Å². The maximum absolute atomic E-state index is 13.0. The lowest BCUT2D eigenvalue weighted by molar-refractivity contribution is -0.142. The SMILES string of the molecule is CC(C)CC(NC(=O)C(N)Cc1c[nH]c2ccccc12)C(=O)NC(Cc1ccccc1)C(=O)O. The van der Waals surface area contributed by atoms with E-state index in [1.165, 1.54) is 0 Å². The lowest BCUT2D eigenvalue weighted by Crippen LogP contribution is -2.55. The molecule has 3 unspecified atom stereocenters. The number of nitrogens with two attached hydrogens (primary N) is 1. The van der Waals surface area contributed by atoms with Crippen molar-refractivity contribution in [2.24, 2.45) is 11.7 Å². The summed E-state index contributed by atoms with van der Waals surface area (Å²) in [5, 5.41) is 15.9. The second kappa shape index (κ2) is 11.5. The number of aromatic amines is 1. The molecule has 0 aliphatic rings. The Hall–Kier alpha value is -3.65. The number of H-pyrrole nitrogens is 1. The normalized spacial score (nSPS) is 13.9. The summed E-state index contributed by atoms with van der Waals surface area (Å²) in [7, 11) is 0. The number of aromatic nitrogens is 1. The molecule has 1 heterocycles. The predicted molar refractivity (Wildman–Crippen MR) is 131 cm³/mol. The molecule has 0 bridgehead atoms. The number of rotatable bonds is 11. The van der Waals surface area contributed by atoms with Gasteiger partial charge in [-0.2, -0.15) is 0 Å². The van der Waals surface area contributed by atoms with E-state index in [1.54, 1.807) is 12.1 Å². The third-order valence-electron chi connectivity index (χ3n) is 5.69. The summed E-state index contributed by atoms with van der Waals surface area (Å²) in [6.07, 6.45) is 2.63. The number of carbonyl (C=O) groups is 3. The van der Waals surface area contributed by atoms with Crippen LogP contribution in [-0.4, -0.2) is 46.0 Å². The zero-order valence-corrected chi connectivity index (χ0v) is 19.5. The van der Waals surface area contributed by atoms with Crippen molar-refractivity contribution < 1.29 is 19.5 Å². The van der Waals surface area contributed by atoms with Crippen molar-refractivity contribution in [3.8, 4) is 0 Å². The molecule has 0 spiro atoms. The Morgan fingerprint density at radius 2 is 1.56 bits per heavy atom. The van der Waals surface area contributed by atoms with Gasteiger partial charge in [-0.3, -0.25) is 9.59 Å². The minimum absolute atomic E-state index is 0.0956. The zero-order chi connectivity index (χ0) is 24.7. The van der Waals surface area contributed by atoms with Crippen molar-refractivity contribution in [1.29, 1.82) is 0 Å². The van der Waals surface area contributed by atoms with Gasteiger partial charge in [0.2, 0.25) is 11.8 Å². The van der Waals surface area contributed by atoms with Gasteiger partial charge >= 0.3 is 5.97 Å². The van der Waals surface area contributed by atoms with Gasteiger partial charge in [-0.05, 0) is 36.0 Å². The Morgan fingerprint density at radius 3 is 2.24 bits per heavy atom. The van der Waals surface area contributed by atoms with Crippen LogP contribution in [0.2, 0.25) is 0 Å². The van der Waals surface area contributed by atoms with Crippen LogP contribution >= 0.6 is 0 Å². The number of para-hydroxylation sites is 1. The van der Waals surface area contributed by atoms with Gasteiger partial charge in [-0.1, -0.05) is 62.4 Å². The molecule has 8 nitrogen and oxygen atoms in total. The average Bonchev–Trinajstić information content (AvgIpc) is 3.21. The number of carboxylic acid groups (broad SMARTS) is 1. The van der Waals surface area contributed by atoms with Crippen LogP contribution in [0, 0.1) is 5.92 Å². The molecule has 3 atom stereocenters. The van der Waals surface area contributed by atoms with E-state index in [2.05, 4.69) is 15.6 Å². The fourth-order valence-corrected chi connectivity index (χ4v) is 3.93. The number of carboxylic acids is 1. The van der Waals surface area contributed by atoms with E-state index >= 15 is 0 Å². The highest BCUT2D eigenvalue weighted by atomic mass is 16.4. The summed E-state index contributed by atoms with van der Waals surface area (Å²) in [5.41, 5.74) is 8.84. The number of aliphatic carboxylic acids is 1. The third-order valence-corrected chi connectivity index (χ3v) is 5.69. The lowest BCUT2D eigenvalue weighted by Gasteiger charge is -2.24. The van der Waals surface area contributed by atoms with Gasteiger partial charge in [0.15, 0.2) is 0 Å². The standard InChI is InChI=1S/C26H32N4O4/c1-16(2)12-22(25(32)30-23(26(33)34)13-17-8-4-3-5-9-17)29-24(31)20(27)14-18-15-28-21-11-7-6-10-19(18)21/h3-11,15-16,20,22-23,28H,12-14,27H2,1-2H3,(H,29,31)(H,30,32)(H,33,34). The van der Waals surface area contributed by atoms with E-state index in [1.807, 2.05) is 62.5 Å². The van der Waals surface area contributed by atoms with Crippen LogP contribution < -0.4 is 16.4 Å². The van der Waals surface area contributed by atoms with Gasteiger partial charge in [-0.15, -0.1) is 0 Å². The third kappa shape index (κ3) is 6.68. The number of nitrogens with one attached hydrogen (secondary N) is 3. The number of benzene rings is 2. The van der Waals surface area contributed by atoms with E-state index in [-0.39, 0.29) is 12.3 Å². The van der Waals surface area contributed by atoms with Gasteiger partial charge in [-0.25, -0.2) is 4.79 Å². The molecular weight excluding hydrogens is 432 g/mol. The van der Waals surface area contributed by atoms with E-state index < -0.39 is 35.9 Å². The molecule has 0 fully saturated rings. The van der Waals surface area contributed by atoms with Crippen molar-refractivity contribution in [2.45, 2.75) is 51.2 Å². The van der Waals surface area contributed by atoms with Crippen LogP contribution in [-0.2, 0) is 27.2 Å². The number of hydrogen-bond acceptors (Lipinski definition) is 4. The number of amides is 2. The molecule has 1 aromatic heterocycles. The van der Waals surface area contributed by atoms with Gasteiger partial charge in [0, 0.05) is 23.5 Å². The topological polar surface area (TPSA) is 137 Å². The molecule has 6 N–H and O–H groups in total. The molecule has 0 aliphatic carbocycles. The molecular formula is C26H32N4O4. The zero-order valence-electron chi connectivity index (χ0n) is 19.5. The maximum atomic E-state index is 13.0. The van der Waals surface area contributed by atoms with Gasteiger partial charge in [0.1, 0.15) is 12.1 Å². The van der Waals surface area contributed by atoms with E-state index in [4.69, 9.17) is 5.73 Å². The fraction of sp³-hybridized carbons (Fsp3) is 0.346. The summed E-state index contributed by atoms with van der Waals surface area (Å²) < 4.78 is 0. The molecule has 0 radical (unpaired) electrons. The highest BCUT2D eigenvalue weighted by Crippen LogP contribution is 2.19. The number of hydrogen-bond donors (Lipinski definition) is 5. The van der Waals surface area contributed by atoms with Crippen molar-refractivity contribution in [3.63, 3.8) is 0 Å². The van der Waals surface area contributed by atoms with E-state index in [0.29, 0.717) is 12.8 Å². The average molecular weight is 465 g/mol. The molecule has 0 saturated heterocycles. The summed E-state index contributed by atoms with van der Waals surface area (Å²) >= 11 is 0. The quantitative estimate of drug-likeness (QED) is 0.297. The lowest BCUT2D eigenvalue weighted by atomic mass is 10.00. The van der Waals surface area contributed by atoms with Crippen LogP contribution in [0.3, 0.4) is 0 Å². The van der Waals surface area contributed by atoms with Crippen molar-refractivity contribution in [1.82, 2.24) is 15.6 Å². The van der Waals surface area contributed by atoms with Crippen LogP contribution in [0.4, 0.5) is 0 Å². The molecule has 3 aromatic rings. The summed E-state index contributed by atoms with van der Waals surface area (Å²) in [6, 6.07) is 14.0. The Bertz CT molecular complexity index is 1130. The Morgan fingerprint density at radius 1 is 0.912 bits per heavy atom. The van der Waals surface area contributed by atoms with Crippen LogP contribution in [0.15, 0.2) is 60.8 Å².